The second kappa shape index (κ2) is 7.48. The van der Waals surface area contributed by atoms with Crippen LogP contribution in [0, 0.1) is 5.82 Å². The lowest BCUT2D eigenvalue weighted by atomic mass is 9.98. The molecule has 0 saturated carbocycles. The molecule has 1 unspecified atom stereocenters. The number of ether oxygens (including phenoxy) is 1. The number of methoxy groups -OCH3 is 1. The SMILES string of the molecule is COc1cc(F)c(Cl)c(N2CCc3nc(-c4ncccn4)ncc3C2C)c1Cl. The first-order valence-corrected chi connectivity index (χ1v) is 9.38. The van der Waals surface area contributed by atoms with Gasteiger partial charge in [-0.05, 0) is 13.0 Å². The van der Waals surface area contributed by atoms with E-state index < -0.39 is 5.82 Å². The van der Waals surface area contributed by atoms with Gasteiger partial charge in [0.2, 0.25) is 0 Å². The largest absolute Gasteiger partial charge is 0.495 e. The molecule has 0 fully saturated rings. The molecule has 0 amide bonds. The Morgan fingerprint density at radius 1 is 1.14 bits per heavy atom. The Morgan fingerprint density at radius 3 is 2.61 bits per heavy atom. The number of anilines is 1. The quantitative estimate of drug-likeness (QED) is 0.581. The topological polar surface area (TPSA) is 64.0 Å². The van der Waals surface area contributed by atoms with Gasteiger partial charge in [0.1, 0.15) is 21.6 Å². The van der Waals surface area contributed by atoms with Crippen LogP contribution in [-0.4, -0.2) is 33.6 Å². The van der Waals surface area contributed by atoms with Crippen molar-refractivity contribution in [1.29, 1.82) is 0 Å². The number of halogens is 3. The van der Waals surface area contributed by atoms with Crippen LogP contribution in [0.5, 0.6) is 5.75 Å². The zero-order valence-corrected chi connectivity index (χ0v) is 16.7. The summed E-state index contributed by atoms with van der Waals surface area (Å²) < 4.78 is 19.5. The molecule has 4 rings (SSSR count). The third-order valence-electron chi connectivity index (χ3n) is 4.78. The Hall–Kier alpha value is -2.51. The zero-order valence-electron chi connectivity index (χ0n) is 15.2. The van der Waals surface area contributed by atoms with Crippen LogP contribution in [0.15, 0.2) is 30.7 Å². The van der Waals surface area contributed by atoms with Gasteiger partial charge in [0.25, 0.3) is 0 Å². The van der Waals surface area contributed by atoms with Crippen LogP contribution in [0.4, 0.5) is 10.1 Å². The standard InChI is InChI=1S/C19H16Cl2FN5O/c1-10-11-9-25-19(18-23-5-3-6-24-18)26-13(11)4-7-27(10)17-15(20)12(22)8-14(28-2)16(17)21/h3,5-6,8-10H,4,7H2,1-2H3. The number of aromatic nitrogens is 4. The highest BCUT2D eigenvalue weighted by molar-refractivity contribution is 6.40. The molecule has 0 radical (unpaired) electrons. The Morgan fingerprint density at radius 2 is 1.89 bits per heavy atom. The molecule has 28 heavy (non-hydrogen) atoms. The molecule has 2 aromatic heterocycles. The Kier molecular flexibility index (Phi) is 5.03. The predicted molar refractivity (Wildman–Crippen MR) is 105 cm³/mol. The van der Waals surface area contributed by atoms with Crippen molar-refractivity contribution in [1.82, 2.24) is 19.9 Å². The minimum Gasteiger partial charge on any atom is -0.495 e. The highest BCUT2D eigenvalue weighted by atomic mass is 35.5. The average molecular weight is 420 g/mol. The molecule has 9 heteroatoms. The van der Waals surface area contributed by atoms with Crippen molar-refractivity contribution in [2.24, 2.45) is 0 Å². The normalized spacial score (nSPS) is 16.0. The Balaban J connectivity index is 1.74. The molecule has 0 bridgehead atoms. The average Bonchev–Trinajstić information content (AvgIpc) is 2.72. The van der Waals surface area contributed by atoms with Gasteiger partial charge in [-0.15, -0.1) is 0 Å². The molecule has 0 N–H and O–H groups in total. The molecule has 1 aliphatic rings. The number of benzene rings is 1. The highest BCUT2D eigenvalue weighted by Crippen LogP contribution is 2.46. The van der Waals surface area contributed by atoms with Crippen LogP contribution in [0.3, 0.4) is 0 Å². The Labute approximate surface area is 171 Å². The molecule has 6 nitrogen and oxygen atoms in total. The smallest absolute Gasteiger partial charge is 0.197 e. The van der Waals surface area contributed by atoms with Gasteiger partial charge in [-0.25, -0.2) is 24.3 Å². The maximum atomic E-state index is 14.3. The number of fused-ring (bicyclic) bond motifs is 1. The van der Waals surface area contributed by atoms with Gasteiger partial charge in [0.15, 0.2) is 11.6 Å². The van der Waals surface area contributed by atoms with Crippen LogP contribution in [0.25, 0.3) is 11.6 Å². The fourth-order valence-corrected chi connectivity index (χ4v) is 4.00. The summed E-state index contributed by atoms with van der Waals surface area (Å²) in [6, 6.07) is 2.77. The first-order valence-electron chi connectivity index (χ1n) is 8.62. The van der Waals surface area contributed by atoms with E-state index >= 15 is 0 Å². The molecule has 1 aromatic carbocycles. The molecule has 0 aliphatic carbocycles. The first kappa shape index (κ1) is 18.8. The van der Waals surface area contributed by atoms with Crippen molar-refractivity contribution in [3.8, 4) is 17.4 Å². The molecule has 3 heterocycles. The van der Waals surface area contributed by atoms with E-state index in [2.05, 4.69) is 19.9 Å². The maximum Gasteiger partial charge on any atom is 0.197 e. The summed E-state index contributed by atoms with van der Waals surface area (Å²) in [6.07, 6.45) is 5.67. The lowest BCUT2D eigenvalue weighted by molar-refractivity contribution is 0.411. The molecule has 144 valence electrons. The summed E-state index contributed by atoms with van der Waals surface area (Å²) in [7, 11) is 1.44. The fraction of sp³-hybridized carbons (Fsp3) is 0.263. The van der Waals surface area contributed by atoms with Gasteiger partial charge in [-0.1, -0.05) is 23.2 Å². The van der Waals surface area contributed by atoms with Crippen LogP contribution in [-0.2, 0) is 6.42 Å². The monoisotopic (exact) mass is 419 g/mol. The number of nitrogens with zero attached hydrogens (tertiary/aromatic N) is 5. The van der Waals surface area contributed by atoms with Gasteiger partial charge >= 0.3 is 0 Å². The fourth-order valence-electron chi connectivity index (χ4n) is 3.36. The van der Waals surface area contributed by atoms with Gasteiger partial charge in [-0.2, -0.15) is 0 Å². The summed E-state index contributed by atoms with van der Waals surface area (Å²) in [5, 5.41) is 0.246. The minimum atomic E-state index is -0.580. The molecule has 0 spiro atoms. The van der Waals surface area contributed by atoms with Crippen molar-refractivity contribution < 1.29 is 9.13 Å². The summed E-state index contributed by atoms with van der Waals surface area (Å²) in [6.45, 7) is 2.54. The molecule has 1 aliphatic heterocycles. The summed E-state index contributed by atoms with van der Waals surface area (Å²) in [4.78, 5) is 19.4. The van der Waals surface area contributed by atoms with E-state index in [1.165, 1.54) is 13.2 Å². The summed E-state index contributed by atoms with van der Waals surface area (Å²) in [5.41, 5.74) is 2.23. The lowest BCUT2D eigenvalue weighted by Gasteiger charge is -2.37. The second-order valence-electron chi connectivity index (χ2n) is 6.32. The highest BCUT2D eigenvalue weighted by Gasteiger charge is 2.31. The molecule has 3 aromatic rings. The van der Waals surface area contributed by atoms with E-state index in [0.29, 0.717) is 30.3 Å². The van der Waals surface area contributed by atoms with Crippen molar-refractivity contribution in [3.05, 3.63) is 57.8 Å². The Bertz CT molecular complexity index is 1030. The van der Waals surface area contributed by atoms with Crippen LogP contribution in [0.1, 0.15) is 24.2 Å². The number of rotatable bonds is 3. The van der Waals surface area contributed by atoms with Crippen molar-refractivity contribution in [2.75, 3.05) is 18.6 Å². The third kappa shape index (κ3) is 3.14. The molecular weight excluding hydrogens is 404 g/mol. The van der Waals surface area contributed by atoms with Crippen LogP contribution in [0.2, 0.25) is 10.0 Å². The first-order chi connectivity index (χ1) is 13.5. The van der Waals surface area contributed by atoms with E-state index in [1.54, 1.807) is 24.7 Å². The van der Waals surface area contributed by atoms with Gasteiger partial charge < -0.3 is 9.64 Å². The van der Waals surface area contributed by atoms with Crippen molar-refractivity contribution in [3.63, 3.8) is 0 Å². The lowest BCUT2D eigenvalue weighted by Crippen LogP contribution is -2.35. The van der Waals surface area contributed by atoms with E-state index in [9.17, 15) is 4.39 Å². The van der Waals surface area contributed by atoms with Crippen molar-refractivity contribution >= 4 is 28.9 Å². The zero-order chi connectivity index (χ0) is 19.8. The van der Waals surface area contributed by atoms with Gasteiger partial charge in [-0.3, -0.25) is 0 Å². The number of hydrogen-bond donors (Lipinski definition) is 0. The summed E-state index contributed by atoms with van der Waals surface area (Å²) in [5.74, 6) is 0.609. The van der Waals surface area contributed by atoms with E-state index in [4.69, 9.17) is 27.9 Å². The van der Waals surface area contributed by atoms with Gasteiger partial charge in [0, 0.05) is 43.2 Å². The molecule has 0 saturated heterocycles. The maximum absolute atomic E-state index is 14.3. The summed E-state index contributed by atoms with van der Waals surface area (Å²) >= 11 is 12.7. The molecular formula is C19H16Cl2FN5O. The minimum absolute atomic E-state index is 0.0312. The van der Waals surface area contributed by atoms with Crippen molar-refractivity contribution in [2.45, 2.75) is 19.4 Å². The van der Waals surface area contributed by atoms with Crippen LogP contribution >= 0.6 is 23.2 Å². The van der Waals surface area contributed by atoms with E-state index in [1.807, 2.05) is 11.8 Å². The third-order valence-corrected chi connectivity index (χ3v) is 5.50. The second-order valence-corrected chi connectivity index (χ2v) is 7.08. The van der Waals surface area contributed by atoms with E-state index in [0.717, 1.165) is 11.3 Å². The van der Waals surface area contributed by atoms with Gasteiger partial charge in [0.05, 0.1) is 24.5 Å². The molecule has 1 atom stereocenters. The van der Waals surface area contributed by atoms with Crippen LogP contribution < -0.4 is 9.64 Å². The van der Waals surface area contributed by atoms with E-state index in [-0.39, 0.29) is 21.8 Å². The predicted octanol–water partition coefficient (Wildman–Crippen LogP) is 4.51. The number of hydrogen-bond acceptors (Lipinski definition) is 6.